The van der Waals surface area contributed by atoms with E-state index in [4.69, 9.17) is 20.3 Å². The van der Waals surface area contributed by atoms with E-state index in [2.05, 4.69) is 28.2 Å². The van der Waals surface area contributed by atoms with Crippen LogP contribution in [0, 0.1) is 20.8 Å². The van der Waals surface area contributed by atoms with E-state index in [1.165, 1.54) is 7.05 Å². The molecule has 0 aliphatic carbocycles. The number of fused-ring (bicyclic) bond motifs is 3. The monoisotopic (exact) mass is 577 g/mol. The number of rotatable bonds is 10. The second-order valence-electron chi connectivity index (χ2n) is 10.0. The van der Waals surface area contributed by atoms with E-state index in [0.717, 1.165) is 39.2 Å². The fourth-order valence-electron chi connectivity index (χ4n) is 5.27. The van der Waals surface area contributed by atoms with E-state index in [9.17, 15) is 14.7 Å². The quantitative estimate of drug-likeness (QED) is 0.106. The van der Waals surface area contributed by atoms with Gasteiger partial charge in [-0.3, -0.25) is 19.8 Å². The molecule has 12 heteroatoms. The molecule has 0 radical (unpaired) electrons. The van der Waals surface area contributed by atoms with Crippen LogP contribution >= 0.6 is 0 Å². The average Bonchev–Trinajstić information content (AvgIpc) is 2.96. The molecule has 0 atom stereocenters. The summed E-state index contributed by atoms with van der Waals surface area (Å²) >= 11 is 0. The molecular formula is C30H39N7O5. The predicted molar refractivity (Wildman–Crippen MR) is 160 cm³/mol. The van der Waals surface area contributed by atoms with Gasteiger partial charge in [0.2, 0.25) is 5.88 Å². The minimum absolute atomic E-state index is 0.0801. The number of nitrogens with zero attached hydrogens (tertiary/aromatic N) is 3. The molecule has 0 saturated carbocycles. The van der Waals surface area contributed by atoms with Crippen molar-refractivity contribution in [3.63, 3.8) is 0 Å². The molecule has 1 aliphatic heterocycles. The number of carbonyl (C=O) groups excluding carboxylic acids is 1. The molecular weight excluding hydrogens is 538 g/mol. The lowest BCUT2D eigenvalue weighted by atomic mass is 9.97. The lowest BCUT2D eigenvalue weighted by Gasteiger charge is -2.25. The first-order valence-electron chi connectivity index (χ1n) is 13.8. The molecule has 6 N–H and O–H groups in total. The fourth-order valence-corrected chi connectivity index (χ4v) is 5.27. The summed E-state index contributed by atoms with van der Waals surface area (Å²) in [5.74, 6) is 5.63. The van der Waals surface area contributed by atoms with E-state index in [0.29, 0.717) is 36.6 Å². The lowest BCUT2D eigenvalue weighted by Crippen LogP contribution is -2.45. The Morgan fingerprint density at radius 3 is 2.45 bits per heavy atom. The number of ether oxygens (including phenoxy) is 2. The number of aryl methyl sites for hydroxylation is 4. The number of carbonyl (C=O) groups is 1. The molecule has 1 aliphatic rings. The molecule has 3 aromatic rings. The Morgan fingerprint density at radius 2 is 1.83 bits per heavy atom. The Morgan fingerprint density at radius 1 is 1.12 bits per heavy atom. The Hall–Kier alpha value is -4.71. The van der Waals surface area contributed by atoms with Crippen LogP contribution in [0.25, 0.3) is 11.3 Å². The van der Waals surface area contributed by atoms with Crippen LogP contribution in [0.2, 0.25) is 0 Å². The minimum atomic E-state index is -0.627. The molecule has 12 nitrogen and oxygen atoms in total. The van der Waals surface area contributed by atoms with Crippen molar-refractivity contribution >= 4 is 11.6 Å². The molecule has 224 valence electrons. The number of nitrogens with two attached hydrogens (primary N) is 1. The molecule has 2 heterocycles. The standard InChI is InChI=1S/C30H39N7O5/c1-7-42-24-14-20-8-10-36-22(21(20)15-23(24)41-6)16-25(34-26-18(3)12-17(2)13-19(26)4)37(30(36)40)11-9-33-29(39)27(35-31)28(38)32-5/h12-16,32,35,38H,7-11,31H2,1-6H3,(H,33,39)/b28-27+,34-25+. The number of methoxy groups -OCH3 is 1. The molecule has 4 rings (SSSR count). The summed E-state index contributed by atoms with van der Waals surface area (Å²) in [4.78, 5) is 31.6. The summed E-state index contributed by atoms with van der Waals surface area (Å²) in [6.45, 7) is 9.12. The first-order chi connectivity index (χ1) is 20.1. The van der Waals surface area contributed by atoms with Gasteiger partial charge in [0, 0.05) is 38.3 Å². The van der Waals surface area contributed by atoms with Crippen LogP contribution in [-0.4, -0.2) is 47.5 Å². The van der Waals surface area contributed by atoms with Crippen LogP contribution in [0.5, 0.6) is 11.5 Å². The smallest absolute Gasteiger partial charge is 0.330 e. The Balaban J connectivity index is 1.86. The van der Waals surface area contributed by atoms with E-state index in [1.807, 2.05) is 45.9 Å². The maximum atomic E-state index is 14.0. The summed E-state index contributed by atoms with van der Waals surface area (Å²) in [7, 11) is 3.05. The maximum Gasteiger partial charge on any atom is 0.330 e. The van der Waals surface area contributed by atoms with Gasteiger partial charge in [-0.05, 0) is 62.9 Å². The van der Waals surface area contributed by atoms with E-state index >= 15 is 0 Å². The zero-order chi connectivity index (χ0) is 30.6. The molecule has 1 amide bonds. The Kier molecular flexibility index (Phi) is 9.26. The molecule has 0 saturated heterocycles. The summed E-state index contributed by atoms with van der Waals surface area (Å²) in [6.07, 6.45) is 0.634. The van der Waals surface area contributed by atoms with E-state index in [1.54, 1.807) is 16.2 Å². The van der Waals surface area contributed by atoms with Gasteiger partial charge in [-0.15, -0.1) is 0 Å². The van der Waals surface area contributed by atoms with Crippen molar-refractivity contribution in [1.82, 2.24) is 25.2 Å². The summed E-state index contributed by atoms with van der Waals surface area (Å²) in [6, 6.07) is 9.89. The Bertz CT molecular complexity index is 1650. The van der Waals surface area contributed by atoms with Crippen LogP contribution in [0.1, 0.15) is 29.2 Å². The molecule has 1 aromatic heterocycles. The van der Waals surface area contributed by atoms with Crippen molar-refractivity contribution in [3.05, 3.63) is 80.1 Å². The number of amides is 1. The van der Waals surface area contributed by atoms with Crippen molar-refractivity contribution in [1.29, 1.82) is 0 Å². The van der Waals surface area contributed by atoms with Crippen molar-refractivity contribution in [2.75, 3.05) is 27.3 Å². The number of aliphatic hydroxyl groups excluding tert-OH is 1. The highest BCUT2D eigenvalue weighted by atomic mass is 16.5. The molecule has 2 aromatic carbocycles. The average molecular weight is 578 g/mol. The van der Waals surface area contributed by atoms with Crippen molar-refractivity contribution in [2.24, 2.45) is 10.8 Å². The molecule has 0 fully saturated rings. The number of aromatic nitrogens is 2. The van der Waals surface area contributed by atoms with Crippen molar-refractivity contribution < 1.29 is 19.4 Å². The summed E-state index contributed by atoms with van der Waals surface area (Å²) in [5, 5.41) is 15.1. The van der Waals surface area contributed by atoms with Gasteiger partial charge in [-0.1, -0.05) is 17.7 Å². The van der Waals surface area contributed by atoms with Crippen LogP contribution in [-0.2, 0) is 24.3 Å². The number of benzene rings is 2. The molecule has 42 heavy (non-hydrogen) atoms. The number of hydrazine groups is 1. The van der Waals surface area contributed by atoms with Gasteiger partial charge in [0.15, 0.2) is 17.2 Å². The van der Waals surface area contributed by atoms with Gasteiger partial charge in [0.25, 0.3) is 5.91 Å². The molecule has 0 unspecified atom stereocenters. The van der Waals surface area contributed by atoms with Gasteiger partial charge in [-0.2, -0.15) is 0 Å². The van der Waals surface area contributed by atoms with Crippen LogP contribution < -0.4 is 42.6 Å². The third kappa shape index (κ3) is 5.98. The van der Waals surface area contributed by atoms with E-state index in [-0.39, 0.29) is 24.5 Å². The third-order valence-corrected chi connectivity index (χ3v) is 7.19. The highest BCUT2D eigenvalue weighted by molar-refractivity contribution is 5.93. The topological polar surface area (TPSA) is 157 Å². The third-order valence-electron chi connectivity index (χ3n) is 7.19. The summed E-state index contributed by atoms with van der Waals surface area (Å²) < 4.78 is 14.7. The highest BCUT2D eigenvalue weighted by Crippen LogP contribution is 2.37. The second kappa shape index (κ2) is 12.9. The van der Waals surface area contributed by atoms with Crippen LogP contribution in [0.15, 0.2) is 51.7 Å². The number of aliphatic hydroxyl groups is 1. The van der Waals surface area contributed by atoms with Gasteiger partial charge in [0.05, 0.1) is 25.1 Å². The van der Waals surface area contributed by atoms with Gasteiger partial charge >= 0.3 is 5.69 Å². The number of hydrogen-bond donors (Lipinski definition) is 5. The molecule has 0 bridgehead atoms. The van der Waals surface area contributed by atoms with Gasteiger partial charge in [0.1, 0.15) is 5.49 Å². The van der Waals surface area contributed by atoms with Crippen LogP contribution in [0.4, 0.5) is 5.69 Å². The number of nitrogens with one attached hydrogen (secondary N) is 3. The largest absolute Gasteiger partial charge is 0.493 e. The van der Waals surface area contributed by atoms with Crippen molar-refractivity contribution in [3.8, 4) is 22.8 Å². The SMILES string of the molecule is CCOc1cc2c(cc1OC)-c1c/c(=N\c3c(C)cc(C)cc3C)n(CCNC(=O)/C(NN)=C(\O)NC)c(=O)n1CC2. The van der Waals surface area contributed by atoms with E-state index < -0.39 is 11.8 Å². The fraction of sp³-hybridized carbons (Fsp3) is 0.367. The zero-order valence-electron chi connectivity index (χ0n) is 24.9. The Labute approximate surface area is 244 Å². The van der Waals surface area contributed by atoms with Gasteiger partial charge in [-0.25, -0.2) is 9.79 Å². The lowest BCUT2D eigenvalue weighted by molar-refractivity contribution is -0.118. The number of hydrogen-bond acceptors (Lipinski definition) is 9. The minimum Gasteiger partial charge on any atom is -0.493 e. The van der Waals surface area contributed by atoms with Gasteiger partial charge < -0.3 is 30.6 Å². The first kappa shape index (κ1) is 30.3. The predicted octanol–water partition coefficient (Wildman–Crippen LogP) is 1.96. The summed E-state index contributed by atoms with van der Waals surface area (Å²) in [5.41, 5.74) is 8.68. The highest BCUT2D eigenvalue weighted by Gasteiger charge is 2.23. The second-order valence-corrected chi connectivity index (χ2v) is 10.0. The normalized spacial score (nSPS) is 13.1. The maximum absolute atomic E-state index is 14.0. The van der Waals surface area contributed by atoms with Crippen LogP contribution in [0.3, 0.4) is 0 Å². The first-order valence-corrected chi connectivity index (χ1v) is 13.8. The zero-order valence-corrected chi connectivity index (χ0v) is 24.9. The van der Waals surface area contributed by atoms with Crippen molar-refractivity contribution in [2.45, 2.75) is 47.2 Å². The molecule has 0 spiro atoms.